The van der Waals surface area contributed by atoms with Gasteiger partial charge in [0.25, 0.3) is 0 Å². The zero-order valence-corrected chi connectivity index (χ0v) is 9.66. The van der Waals surface area contributed by atoms with E-state index < -0.39 is 0 Å². The Hall–Kier alpha value is -0.610. The number of hydrogen-bond acceptors (Lipinski definition) is 3. The van der Waals surface area contributed by atoms with Crippen LogP contribution in [0.2, 0.25) is 0 Å². The first kappa shape index (κ1) is 12.5. The number of hydrogen-bond donors (Lipinski definition) is 2. The summed E-state index contributed by atoms with van der Waals surface area (Å²) in [7, 11) is 1.67. The molecule has 1 aliphatic carbocycles. The van der Waals surface area contributed by atoms with Crippen molar-refractivity contribution in [3.63, 3.8) is 0 Å². The molecule has 2 atom stereocenters. The third-order valence-electron chi connectivity index (χ3n) is 2.75. The fraction of sp³-hybridized carbons (Fsp3) is 0.909. The molecule has 15 heavy (non-hydrogen) atoms. The quantitative estimate of drug-likeness (QED) is 0.649. The summed E-state index contributed by atoms with van der Waals surface area (Å²) < 4.78 is 4.99. The Morgan fingerprint density at radius 3 is 2.80 bits per heavy atom. The molecule has 3 N–H and O–H groups in total. The summed E-state index contributed by atoms with van der Waals surface area (Å²) in [5.74, 6) is 1.01. The standard InChI is InChI=1S/C11H22N2O2/c1-8(7-15-2)6-13-11(14)5-10(12)9-3-4-9/h8-10H,3-7,12H2,1-2H3,(H,13,14). The van der Waals surface area contributed by atoms with Crippen molar-refractivity contribution in [1.29, 1.82) is 0 Å². The maximum atomic E-state index is 11.5. The molecule has 88 valence electrons. The molecule has 0 aromatic carbocycles. The number of ether oxygens (including phenoxy) is 1. The van der Waals surface area contributed by atoms with Crippen molar-refractivity contribution in [2.24, 2.45) is 17.6 Å². The van der Waals surface area contributed by atoms with Crippen molar-refractivity contribution < 1.29 is 9.53 Å². The summed E-state index contributed by atoms with van der Waals surface area (Å²) in [5, 5.41) is 2.88. The molecule has 1 fully saturated rings. The first-order chi connectivity index (χ1) is 7.13. The van der Waals surface area contributed by atoms with Gasteiger partial charge >= 0.3 is 0 Å². The van der Waals surface area contributed by atoms with E-state index in [1.54, 1.807) is 7.11 Å². The predicted octanol–water partition coefficient (Wildman–Crippen LogP) is 0.513. The molecular weight excluding hydrogens is 192 g/mol. The Morgan fingerprint density at radius 1 is 1.60 bits per heavy atom. The van der Waals surface area contributed by atoms with Gasteiger partial charge in [-0.15, -0.1) is 0 Å². The van der Waals surface area contributed by atoms with Gasteiger partial charge in [-0.2, -0.15) is 0 Å². The molecule has 1 aliphatic rings. The highest BCUT2D eigenvalue weighted by Crippen LogP contribution is 2.32. The van der Waals surface area contributed by atoms with Crippen LogP contribution in [0.15, 0.2) is 0 Å². The van der Waals surface area contributed by atoms with Gasteiger partial charge < -0.3 is 15.8 Å². The lowest BCUT2D eigenvalue weighted by Crippen LogP contribution is -2.35. The van der Waals surface area contributed by atoms with Crippen LogP contribution >= 0.6 is 0 Å². The van der Waals surface area contributed by atoms with Gasteiger partial charge in [-0.25, -0.2) is 0 Å². The third kappa shape index (κ3) is 5.14. The molecule has 0 aromatic rings. The van der Waals surface area contributed by atoms with Gasteiger partial charge in [-0.3, -0.25) is 4.79 Å². The Bertz CT molecular complexity index is 205. The van der Waals surface area contributed by atoms with Crippen LogP contribution in [0.4, 0.5) is 0 Å². The summed E-state index contributed by atoms with van der Waals surface area (Å²) in [6, 6.07) is 0.0581. The second-order valence-electron chi connectivity index (χ2n) is 4.57. The van der Waals surface area contributed by atoms with Crippen LogP contribution in [-0.4, -0.2) is 32.2 Å². The Labute approximate surface area is 91.5 Å². The van der Waals surface area contributed by atoms with E-state index in [-0.39, 0.29) is 11.9 Å². The van der Waals surface area contributed by atoms with Crippen LogP contribution in [0.25, 0.3) is 0 Å². The lowest BCUT2D eigenvalue weighted by Gasteiger charge is -2.13. The number of amides is 1. The molecule has 0 aromatic heterocycles. The number of nitrogens with two attached hydrogens (primary N) is 1. The lowest BCUT2D eigenvalue weighted by molar-refractivity contribution is -0.121. The van der Waals surface area contributed by atoms with Crippen LogP contribution in [-0.2, 0) is 9.53 Å². The number of carbonyl (C=O) groups is 1. The van der Waals surface area contributed by atoms with E-state index in [2.05, 4.69) is 5.32 Å². The number of carbonyl (C=O) groups excluding carboxylic acids is 1. The van der Waals surface area contributed by atoms with Gasteiger partial charge in [0.1, 0.15) is 0 Å². The summed E-state index contributed by atoms with van der Waals surface area (Å²) in [6.07, 6.45) is 2.84. The molecule has 1 rings (SSSR count). The van der Waals surface area contributed by atoms with Gasteiger partial charge in [-0.05, 0) is 24.7 Å². The van der Waals surface area contributed by atoms with E-state index in [0.29, 0.717) is 31.4 Å². The van der Waals surface area contributed by atoms with E-state index in [9.17, 15) is 4.79 Å². The number of nitrogens with one attached hydrogen (secondary N) is 1. The molecule has 0 radical (unpaired) electrons. The van der Waals surface area contributed by atoms with E-state index in [4.69, 9.17) is 10.5 Å². The van der Waals surface area contributed by atoms with Crippen LogP contribution in [0, 0.1) is 11.8 Å². The normalized spacial score (nSPS) is 19.7. The van der Waals surface area contributed by atoms with E-state index in [1.165, 1.54) is 12.8 Å². The molecule has 1 amide bonds. The summed E-state index contributed by atoms with van der Waals surface area (Å²) >= 11 is 0. The number of methoxy groups -OCH3 is 1. The van der Waals surface area contributed by atoms with Gasteiger partial charge in [-0.1, -0.05) is 6.92 Å². The second kappa shape index (κ2) is 6.08. The maximum absolute atomic E-state index is 11.5. The average molecular weight is 214 g/mol. The predicted molar refractivity (Wildman–Crippen MR) is 59.4 cm³/mol. The Balaban J connectivity index is 2.06. The van der Waals surface area contributed by atoms with E-state index in [1.807, 2.05) is 6.92 Å². The summed E-state index contributed by atoms with van der Waals surface area (Å²) in [6.45, 7) is 3.39. The zero-order chi connectivity index (χ0) is 11.3. The molecule has 0 heterocycles. The van der Waals surface area contributed by atoms with Crippen molar-refractivity contribution in [1.82, 2.24) is 5.32 Å². The topological polar surface area (TPSA) is 64.3 Å². The fourth-order valence-corrected chi connectivity index (χ4v) is 1.61. The number of rotatable bonds is 7. The molecule has 0 spiro atoms. The Morgan fingerprint density at radius 2 is 2.27 bits per heavy atom. The molecule has 4 nitrogen and oxygen atoms in total. The average Bonchev–Trinajstić information content (AvgIpc) is 2.98. The van der Waals surface area contributed by atoms with Crippen molar-refractivity contribution in [2.45, 2.75) is 32.2 Å². The first-order valence-corrected chi connectivity index (χ1v) is 5.64. The SMILES string of the molecule is COCC(C)CNC(=O)CC(N)C1CC1. The van der Waals surface area contributed by atoms with Crippen LogP contribution < -0.4 is 11.1 Å². The van der Waals surface area contributed by atoms with Gasteiger partial charge in [0.15, 0.2) is 0 Å². The minimum atomic E-state index is 0.0581. The minimum Gasteiger partial charge on any atom is -0.384 e. The summed E-state index contributed by atoms with van der Waals surface area (Å²) in [5.41, 5.74) is 5.86. The van der Waals surface area contributed by atoms with Crippen molar-refractivity contribution in [2.75, 3.05) is 20.3 Å². The highest BCUT2D eigenvalue weighted by atomic mass is 16.5. The molecule has 4 heteroatoms. The van der Waals surface area contributed by atoms with Crippen LogP contribution in [0.1, 0.15) is 26.2 Å². The van der Waals surface area contributed by atoms with Gasteiger partial charge in [0, 0.05) is 26.1 Å². The molecule has 2 unspecified atom stereocenters. The Kier molecular flexibility index (Phi) is 5.05. The highest BCUT2D eigenvalue weighted by Gasteiger charge is 2.29. The molecular formula is C11H22N2O2. The molecule has 0 aliphatic heterocycles. The summed E-state index contributed by atoms with van der Waals surface area (Å²) in [4.78, 5) is 11.5. The third-order valence-corrected chi connectivity index (χ3v) is 2.75. The van der Waals surface area contributed by atoms with Gasteiger partial charge in [0.05, 0.1) is 6.61 Å². The van der Waals surface area contributed by atoms with Crippen molar-refractivity contribution in [3.05, 3.63) is 0 Å². The minimum absolute atomic E-state index is 0.0581. The van der Waals surface area contributed by atoms with Gasteiger partial charge in [0.2, 0.25) is 5.91 Å². The van der Waals surface area contributed by atoms with Crippen LogP contribution in [0.5, 0.6) is 0 Å². The van der Waals surface area contributed by atoms with E-state index >= 15 is 0 Å². The van der Waals surface area contributed by atoms with Crippen molar-refractivity contribution in [3.8, 4) is 0 Å². The van der Waals surface area contributed by atoms with Crippen LogP contribution in [0.3, 0.4) is 0 Å². The highest BCUT2D eigenvalue weighted by molar-refractivity contribution is 5.76. The molecule has 1 saturated carbocycles. The monoisotopic (exact) mass is 214 g/mol. The smallest absolute Gasteiger partial charge is 0.221 e. The molecule has 0 bridgehead atoms. The largest absolute Gasteiger partial charge is 0.384 e. The van der Waals surface area contributed by atoms with Crippen molar-refractivity contribution >= 4 is 5.91 Å². The second-order valence-corrected chi connectivity index (χ2v) is 4.57. The lowest BCUT2D eigenvalue weighted by atomic mass is 10.1. The zero-order valence-electron chi connectivity index (χ0n) is 9.66. The van der Waals surface area contributed by atoms with E-state index in [0.717, 1.165) is 0 Å². The first-order valence-electron chi connectivity index (χ1n) is 5.64. The maximum Gasteiger partial charge on any atom is 0.221 e. The molecule has 0 saturated heterocycles. The fourth-order valence-electron chi connectivity index (χ4n) is 1.61.